The number of halogens is 1. The molecule has 4 rings (SSSR count). The number of nitrogens with one attached hydrogen (secondary N) is 1. The second kappa shape index (κ2) is 8.47. The highest BCUT2D eigenvalue weighted by atomic mass is 35.5. The van der Waals surface area contributed by atoms with Crippen LogP contribution in [-0.2, 0) is 4.79 Å². The Morgan fingerprint density at radius 2 is 1.97 bits per heavy atom. The van der Waals surface area contributed by atoms with Gasteiger partial charge in [0.05, 0.1) is 29.5 Å². The average Bonchev–Trinajstić information content (AvgIpc) is 3.17. The van der Waals surface area contributed by atoms with E-state index in [1.54, 1.807) is 43.8 Å². The number of carbonyl (C=O) groups excluding carboxylic acids is 1. The van der Waals surface area contributed by atoms with Crippen LogP contribution in [0.25, 0.3) is 10.2 Å². The highest BCUT2D eigenvalue weighted by Gasteiger charge is 2.26. The number of fused-ring (bicyclic) bond motifs is 1. The Kier molecular flexibility index (Phi) is 5.78. The van der Waals surface area contributed by atoms with Gasteiger partial charge in [-0.25, -0.2) is 4.98 Å². The summed E-state index contributed by atoms with van der Waals surface area (Å²) < 4.78 is 11.5. The molecule has 152 valence electrons. The number of rotatable bonds is 5. The number of ether oxygens (including phenoxy) is 2. The van der Waals surface area contributed by atoms with Crippen molar-refractivity contribution in [1.82, 2.24) is 4.98 Å². The molecule has 0 unspecified atom stereocenters. The van der Waals surface area contributed by atoms with Gasteiger partial charge in [-0.15, -0.1) is 0 Å². The van der Waals surface area contributed by atoms with Gasteiger partial charge in [-0.1, -0.05) is 22.9 Å². The Morgan fingerprint density at radius 1 is 1.17 bits per heavy atom. The number of anilines is 2. The molecule has 1 saturated heterocycles. The Labute approximate surface area is 178 Å². The fourth-order valence-electron chi connectivity index (χ4n) is 3.48. The molecule has 3 aromatic rings. The quantitative estimate of drug-likeness (QED) is 0.627. The van der Waals surface area contributed by atoms with Gasteiger partial charge in [-0.3, -0.25) is 4.79 Å². The molecular formula is C21H22ClN3O3S. The molecule has 0 spiro atoms. The van der Waals surface area contributed by atoms with Crippen molar-refractivity contribution in [2.24, 2.45) is 5.92 Å². The summed E-state index contributed by atoms with van der Waals surface area (Å²) in [7, 11) is 3.23. The zero-order valence-electron chi connectivity index (χ0n) is 16.3. The second-order valence-corrected chi connectivity index (χ2v) is 8.35. The molecule has 6 nitrogen and oxygen atoms in total. The normalized spacial score (nSPS) is 14.8. The van der Waals surface area contributed by atoms with Crippen molar-refractivity contribution >= 4 is 49.9 Å². The molecule has 0 bridgehead atoms. The van der Waals surface area contributed by atoms with Crippen molar-refractivity contribution in [2.45, 2.75) is 12.8 Å². The lowest BCUT2D eigenvalue weighted by Gasteiger charge is -2.31. The third kappa shape index (κ3) is 4.26. The number of methoxy groups -OCH3 is 2. The van der Waals surface area contributed by atoms with Crippen LogP contribution in [0.1, 0.15) is 12.8 Å². The maximum Gasteiger partial charge on any atom is 0.227 e. The number of carbonyl (C=O) groups is 1. The first kappa shape index (κ1) is 19.8. The summed E-state index contributed by atoms with van der Waals surface area (Å²) in [6, 6.07) is 11.2. The SMILES string of the molecule is COc1ccc2nc(N3CCC(C(=O)Nc4ccc(OC)c(Cl)c4)CC3)sc2c1. The molecule has 1 amide bonds. The number of amides is 1. The van der Waals surface area contributed by atoms with Crippen LogP contribution in [0.4, 0.5) is 10.8 Å². The molecular weight excluding hydrogens is 410 g/mol. The predicted octanol–water partition coefficient (Wildman–Crippen LogP) is 4.82. The van der Waals surface area contributed by atoms with E-state index in [-0.39, 0.29) is 11.8 Å². The van der Waals surface area contributed by atoms with Gasteiger partial charge >= 0.3 is 0 Å². The van der Waals surface area contributed by atoms with E-state index in [0.717, 1.165) is 47.0 Å². The molecule has 0 atom stereocenters. The van der Waals surface area contributed by atoms with Crippen LogP contribution >= 0.6 is 22.9 Å². The minimum absolute atomic E-state index is 0.0263. The summed E-state index contributed by atoms with van der Waals surface area (Å²) in [4.78, 5) is 19.6. The Morgan fingerprint density at radius 3 is 2.66 bits per heavy atom. The van der Waals surface area contributed by atoms with Crippen LogP contribution in [0.5, 0.6) is 11.5 Å². The van der Waals surface area contributed by atoms with Crippen molar-refractivity contribution in [1.29, 1.82) is 0 Å². The van der Waals surface area contributed by atoms with Crippen LogP contribution in [0.3, 0.4) is 0 Å². The molecule has 1 fully saturated rings. The van der Waals surface area contributed by atoms with Crippen molar-refractivity contribution in [2.75, 3.05) is 37.5 Å². The van der Waals surface area contributed by atoms with Gasteiger partial charge in [-0.2, -0.15) is 0 Å². The summed E-state index contributed by atoms with van der Waals surface area (Å²) >= 11 is 7.80. The predicted molar refractivity (Wildman–Crippen MR) is 118 cm³/mol. The molecule has 0 radical (unpaired) electrons. The number of thiazole rings is 1. The van der Waals surface area contributed by atoms with Crippen LogP contribution in [0, 0.1) is 5.92 Å². The van der Waals surface area contributed by atoms with E-state index in [2.05, 4.69) is 10.2 Å². The zero-order valence-corrected chi connectivity index (χ0v) is 17.8. The molecule has 1 aromatic heterocycles. The van der Waals surface area contributed by atoms with Gasteiger partial charge in [0.1, 0.15) is 11.5 Å². The summed E-state index contributed by atoms with van der Waals surface area (Å²) in [5, 5.41) is 4.44. The molecule has 2 heterocycles. The maximum atomic E-state index is 12.7. The Hall–Kier alpha value is -2.51. The Bertz CT molecular complexity index is 1030. The summed E-state index contributed by atoms with van der Waals surface area (Å²) in [5.74, 6) is 1.43. The van der Waals surface area contributed by atoms with E-state index < -0.39 is 0 Å². The fraction of sp³-hybridized carbons (Fsp3) is 0.333. The molecule has 8 heteroatoms. The second-order valence-electron chi connectivity index (χ2n) is 6.93. The van der Waals surface area contributed by atoms with Gasteiger partial charge in [0.25, 0.3) is 0 Å². The fourth-order valence-corrected chi connectivity index (χ4v) is 4.78. The lowest BCUT2D eigenvalue weighted by atomic mass is 9.96. The van der Waals surface area contributed by atoms with Crippen molar-refractivity contribution in [3.8, 4) is 11.5 Å². The van der Waals surface area contributed by atoms with Crippen molar-refractivity contribution in [3.63, 3.8) is 0 Å². The van der Waals surface area contributed by atoms with Gasteiger partial charge < -0.3 is 19.7 Å². The minimum Gasteiger partial charge on any atom is -0.497 e. The van der Waals surface area contributed by atoms with Crippen LogP contribution in [0.15, 0.2) is 36.4 Å². The number of benzene rings is 2. The molecule has 0 saturated carbocycles. The smallest absolute Gasteiger partial charge is 0.227 e. The molecule has 29 heavy (non-hydrogen) atoms. The highest BCUT2D eigenvalue weighted by Crippen LogP contribution is 2.34. The molecule has 1 aliphatic rings. The van der Waals surface area contributed by atoms with Gasteiger partial charge in [0.2, 0.25) is 5.91 Å². The van der Waals surface area contributed by atoms with Crippen LogP contribution in [-0.4, -0.2) is 38.2 Å². The third-order valence-corrected chi connectivity index (χ3v) is 6.51. The van der Waals surface area contributed by atoms with E-state index in [9.17, 15) is 4.79 Å². The van der Waals surface area contributed by atoms with Gasteiger partial charge in [0.15, 0.2) is 5.13 Å². The first-order chi connectivity index (χ1) is 14.1. The van der Waals surface area contributed by atoms with Crippen molar-refractivity contribution < 1.29 is 14.3 Å². The largest absolute Gasteiger partial charge is 0.497 e. The van der Waals surface area contributed by atoms with E-state index in [0.29, 0.717) is 16.5 Å². The molecule has 1 aliphatic heterocycles. The number of aromatic nitrogens is 1. The zero-order chi connectivity index (χ0) is 20.4. The van der Waals surface area contributed by atoms with E-state index in [4.69, 9.17) is 26.1 Å². The monoisotopic (exact) mass is 431 g/mol. The van der Waals surface area contributed by atoms with Crippen LogP contribution in [0.2, 0.25) is 5.02 Å². The van der Waals surface area contributed by atoms with Crippen molar-refractivity contribution in [3.05, 3.63) is 41.4 Å². The number of hydrogen-bond donors (Lipinski definition) is 1. The van der Waals surface area contributed by atoms with E-state index in [1.165, 1.54) is 0 Å². The molecule has 0 aliphatic carbocycles. The third-order valence-electron chi connectivity index (χ3n) is 5.14. The van der Waals surface area contributed by atoms with Crippen LogP contribution < -0.4 is 19.7 Å². The summed E-state index contributed by atoms with van der Waals surface area (Å²) in [6.45, 7) is 1.61. The lowest BCUT2D eigenvalue weighted by Crippen LogP contribution is -2.38. The lowest BCUT2D eigenvalue weighted by molar-refractivity contribution is -0.120. The first-order valence-corrected chi connectivity index (χ1v) is 10.6. The topological polar surface area (TPSA) is 63.7 Å². The minimum atomic E-state index is -0.0263. The molecule has 1 N–H and O–H groups in total. The van der Waals surface area contributed by atoms with Gasteiger partial charge in [0, 0.05) is 24.7 Å². The standard InChI is InChI=1S/C21H22ClN3O3S/c1-27-15-4-5-17-19(12-15)29-21(24-17)25-9-7-13(8-10-25)20(26)23-14-3-6-18(28-2)16(22)11-14/h3-6,11-13H,7-10H2,1-2H3,(H,23,26). The highest BCUT2D eigenvalue weighted by molar-refractivity contribution is 7.22. The van der Waals surface area contributed by atoms with Gasteiger partial charge in [-0.05, 0) is 49.2 Å². The summed E-state index contributed by atoms with van der Waals surface area (Å²) in [6.07, 6.45) is 1.57. The first-order valence-electron chi connectivity index (χ1n) is 9.41. The number of hydrogen-bond acceptors (Lipinski definition) is 6. The number of nitrogens with zero attached hydrogens (tertiary/aromatic N) is 2. The van der Waals surface area contributed by atoms with E-state index in [1.807, 2.05) is 18.2 Å². The Balaban J connectivity index is 1.37. The average molecular weight is 432 g/mol. The molecule has 2 aromatic carbocycles. The maximum absolute atomic E-state index is 12.7. The van der Waals surface area contributed by atoms with E-state index >= 15 is 0 Å². The summed E-state index contributed by atoms with van der Waals surface area (Å²) in [5.41, 5.74) is 1.66. The number of piperidine rings is 1.